The zero-order valence-electron chi connectivity index (χ0n) is 17.2. The lowest BCUT2D eigenvalue weighted by Gasteiger charge is -2.37. The molecule has 1 aliphatic rings. The Hall–Kier alpha value is -1.80. The molecule has 0 N–H and O–H groups in total. The molecule has 9 heteroatoms. The summed E-state index contributed by atoms with van der Waals surface area (Å²) in [6.07, 6.45) is 1.48. The van der Waals surface area contributed by atoms with Crippen LogP contribution in [0.5, 0.6) is 0 Å². The number of hydrogen-bond donors (Lipinski definition) is 0. The first kappa shape index (κ1) is 22.5. The lowest BCUT2D eigenvalue weighted by molar-refractivity contribution is -0.129. The largest absolute Gasteiger partial charge is 0.473 e. The number of hydrogen-bond acceptors (Lipinski definition) is 4. The SMILES string of the molecule is CC(C)(C)[Si](C)(C)OCC1CCCN1C(=O)C(=[N+]=[N-])S(=O)(=O)c1ccccc1. The van der Waals surface area contributed by atoms with E-state index in [0.717, 1.165) is 12.8 Å². The predicted molar refractivity (Wildman–Crippen MR) is 110 cm³/mol. The smallest absolute Gasteiger partial charge is 0.415 e. The Morgan fingerprint density at radius 2 is 1.89 bits per heavy atom. The van der Waals surface area contributed by atoms with Gasteiger partial charge in [-0.05, 0) is 43.1 Å². The molecule has 28 heavy (non-hydrogen) atoms. The molecule has 0 aliphatic carbocycles. The highest BCUT2D eigenvalue weighted by Crippen LogP contribution is 2.37. The summed E-state index contributed by atoms with van der Waals surface area (Å²) >= 11 is 0. The molecule has 2 rings (SSSR count). The molecule has 1 aromatic carbocycles. The summed E-state index contributed by atoms with van der Waals surface area (Å²) in [5, 5.41) is -0.813. The summed E-state index contributed by atoms with van der Waals surface area (Å²) < 4.78 is 31.7. The van der Waals surface area contributed by atoms with Crippen molar-refractivity contribution in [2.45, 2.75) is 62.7 Å². The molecule has 154 valence electrons. The topological polar surface area (TPSA) is 100 Å². The van der Waals surface area contributed by atoms with Gasteiger partial charge in [0, 0.05) is 6.54 Å². The van der Waals surface area contributed by atoms with Crippen LogP contribution in [0.15, 0.2) is 35.2 Å². The quantitative estimate of drug-likeness (QED) is 0.244. The number of sulfone groups is 1. The Bertz CT molecular complexity index is 872. The first-order valence-electron chi connectivity index (χ1n) is 9.39. The second-order valence-corrected chi connectivity index (χ2v) is 15.3. The van der Waals surface area contributed by atoms with E-state index in [0.29, 0.717) is 13.2 Å². The van der Waals surface area contributed by atoms with Crippen LogP contribution in [-0.4, -0.2) is 56.6 Å². The van der Waals surface area contributed by atoms with Crippen LogP contribution in [0.1, 0.15) is 33.6 Å². The zero-order valence-corrected chi connectivity index (χ0v) is 19.0. The van der Waals surface area contributed by atoms with Crippen molar-refractivity contribution in [1.29, 1.82) is 0 Å². The summed E-state index contributed by atoms with van der Waals surface area (Å²) in [5.41, 5.74) is 9.34. The van der Waals surface area contributed by atoms with E-state index >= 15 is 0 Å². The molecule has 1 atom stereocenters. The number of nitrogens with zero attached hydrogens (tertiary/aromatic N) is 3. The number of carbonyl (C=O) groups is 1. The Morgan fingerprint density at radius 3 is 2.43 bits per heavy atom. The van der Waals surface area contributed by atoms with Crippen LogP contribution in [0.3, 0.4) is 0 Å². The average molecular weight is 424 g/mol. The van der Waals surface area contributed by atoms with E-state index in [1.165, 1.54) is 17.0 Å². The fourth-order valence-electron chi connectivity index (χ4n) is 2.84. The molecule has 0 radical (unpaired) electrons. The predicted octanol–water partition coefficient (Wildman–Crippen LogP) is 3.10. The molecule has 7 nitrogen and oxygen atoms in total. The van der Waals surface area contributed by atoms with Crippen LogP contribution in [0.2, 0.25) is 18.1 Å². The van der Waals surface area contributed by atoms with Crippen molar-refractivity contribution in [1.82, 2.24) is 4.90 Å². The average Bonchev–Trinajstić information content (AvgIpc) is 3.09. The van der Waals surface area contributed by atoms with Crippen molar-refractivity contribution in [2.75, 3.05) is 13.2 Å². The number of amides is 1. The molecular formula is C19H29N3O4SSi. The second kappa shape index (κ2) is 8.29. The molecule has 1 aromatic rings. The van der Waals surface area contributed by atoms with Crippen molar-refractivity contribution in [3.8, 4) is 0 Å². The first-order valence-corrected chi connectivity index (χ1v) is 13.8. The summed E-state index contributed by atoms with van der Waals surface area (Å²) in [6, 6.07) is 7.29. The number of carbonyl (C=O) groups excluding carboxylic acids is 1. The monoisotopic (exact) mass is 423 g/mol. The molecular weight excluding hydrogens is 394 g/mol. The molecule has 1 heterocycles. The molecule has 0 saturated carbocycles. The Labute approximate surface area is 168 Å². The third kappa shape index (κ3) is 4.60. The molecule has 1 saturated heterocycles. The first-order chi connectivity index (χ1) is 12.9. The van der Waals surface area contributed by atoms with Crippen LogP contribution in [0.25, 0.3) is 5.53 Å². The van der Waals surface area contributed by atoms with E-state index in [-0.39, 0.29) is 16.0 Å². The van der Waals surface area contributed by atoms with Gasteiger partial charge in [-0.3, -0.25) is 4.79 Å². The minimum absolute atomic E-state index is 0.0365. The molecule has 0 spiro atoms. The van der Waals surface area contributed by atoms with E-state index in [1.54, 1.807) is 18.2 Å². The molecule has 0 bridgehead atoms. The molecule has 1 aliphatic heterocycles. The normalized spacial score (nSPS) is 18.0. The minimum Gasteiger partial charge on any atom is -0.415 e. The van der Waals surface area contributed by atoms with Gasteiger partial charge in [-0.1, -0.05) is 39.0 Å². The summed E-state index contributed by atoms with van der Waals surface area (Å²) in [6.45, 7) is 11.4. The molecule has 0 aromatic heterocycles. The van der Waals surface area contributed by atoms with Gasteiger partial charge in [0.2, 0.25) is 0 Å². The van der Waals surface area contributed by atoms with Crippen LogP contribution in [0.4, 0.5) is 0 Å². The van der Waals surface area contributed by atoms with E-state index in [9.17, 15) is 18.7 Å². The zero-order chi connectivity index (χ0) is 21.2. The third-order valence-corrected chi connectivity index (χ3v) is 11.8. The van der Waals surface area contributed by atoms with Crippen molar-refractivity contribution >= 4 is 29.1 Å². The number of likely N-dealkylation sites (tertiary alicyclic amines) is 1. The summed E-state index contributed by atoms with van der Waals surface area (Å²) in [5.74, 6) is -0.785. The Balaban J connectivity index is 2.21. The van der Waals surface area contributed by atoms with Crippen molar-refractivity contribution in [2.24, 2.45) is 0 Å². The molecule has 1 amide bonds. The summed E-state index contributed by atoms with van der Waals surface area (Å²) in [4.78, 5) is 17.2. The van der Waals surface area contributed by atoms with Gasteiger partial charge in [0.15, 0.2) is 8.32 Å². The van der Waals surface area contributed by atoms with Crippen molar-refractivity contribution < 1.29 is 22.4 Å². The maximum atomic E-state index is 12.9. The van der Waals surface area contributed by atoms with Gasteiger partial charge in [-0.2, -0.15) is 0 Å². The highest BCUT2D eigenvalue weighted by molar-refractivity contribution is 8.08. The van der Waals surface area contributed by atoms with Gasteiger partial charge in [0.25, 0.3) is 9.84 Å². The van der Waals surface area contributed by atoms with E-state index in [4.69, 9.17) is 4.43 Å². The standard InChI is InChI=1S/C19H29N3O4SSi/c1-19(2,3)28(4,5)26-14-15-10-9-13-22(15)18(23)17(21-20)27(24,25)16-11-7-6-8-12-16/h6-8,11-12,15H,9-10,13-14H2,1-5H3. The van der Waals surface area contributed by atoms with Gasteiger partial charge < -0.3 is 14.9 Å². The van der Waals surface area contributed by atoms with Crippen LogP contribution in [0, 0.1) is 0 Å². The number of rotatable bonds is 4. The van der Waals surface area contributed by atoms with Crippen LogP contribution < -0.4 is 0 Å². The third-order valence-electron chi connectivity index (χ3n) is 5.66. The highest BCUT2D eigenvalue weighted by atomic mass is 32.2. The van der Waals surface area contributed by atoms with E-state index in [2.05, 4.69) is 38.7 Å². The van der Waals surface area contributed by atoms with Gasteiger partial charge in [0.1, 0.15) is 0 Å². The lowest BCUT2D eigenvalue weighted by Crippen LogP contribution is -2.48. The van der Waals surface area contributed by atoms with Crippen molar-refractivity contribution in [3.63, 3.8) is 0 Å². The van der Waals surface area contributed by atoms with Gasteiger partial charge >= 0.3 is 11.0 Å². The van der Waals surface area contributed by atoms with E-state index in [1.807, 2.05) is 0 Å². The Kier molecular flexibility index (Phi) is 6.65. The fourth-order valence-corrected chi connectivity index (χ4v) is 5.08. The highest BCUT2D eigenvalue weighted by Gasteiger charge is 2.45. The number of benzene rings is 1. The maximum Gasteiger partial charge on any atom is 0.473 e. The summed E-state index contributed by atoms with van der Waals surface area (Å²) in [7, 11) is -6.20. The maximum absolute atomic E-state index is 12.9. The van der Waals surface area contributed by atoms with Crippen molar-refractivity contribution in [3.05, 3.63) is 35.9 Å². The molecule has 1 unspecified atom stereocenters. The fraction of sp³-hybridized carbons (Fsp3) is 0.579. The lowest BCUT2D eigenvalue weighted by atomic mass is 10.2. The van der Waals surface area contributed by atoms with Gasteiger partial charge in [0.05, 0.1) is 17.5 Å². The van der Waals surface area contributed by atoms with Crippen LogP contribution >= 0.6 is 0 Å². The van der Waals surface area contributed by atoms with E-state index < -0.39 is 29.1 Å². The van der Waals surface area contributed by atoms with Gasteiger partial charge in [-0.15, -0.1) is 4.79 Å². The van der Waals surface area contributed by atoms with Gasteiger partial charge in [-0.25, -0.2) is 8.42 Å². The van der Waals surface area contributed by atoms with Crippen LogP contribution in [-0.2, 0) is 19.1 Å². The molecule has 1 fully saturated rings. The minimum atomic E-state index is -4.20. The Morgan fingerprint density at radius 1 is 1.29 bits per heavy atom. The second-order valence-electron chi connectivity index (χ2n) is 8.59.